The normalized spacial score (nSPS) is 21.3. The summed E-state index contributed by atoms with van der Waals surface area (Å²) in [4.78, 5) is 4.36. The lowest BCUT2D eigenvalue weighted by atomic mass is 9.99. The Hall–Kier alpha value is -0.830. The summed E-state index contributed by atoms with van der Waals surface area (Å²) in [6.45, 7) is 6.88. The van der Waals surface area contributed by atoms with E-state index in [1.54, 1.807) is 0 Å². The van der Waals surface area contributed by atoms with Gasteiger partial charge < -0.3 is 9.88 Å². The minimum Gasteiger partial charge on any atom is -0.333 e. The first-order valence-electron chi connectivity index (χ1n) is 7.58. The molecule has 1 fully saturated rings. The smallest absolute Gasteiger partial charge is 0.0948 e. The number of nitrogens with zero attached hydrogens (tertiary/aromatic N) is 2. The van der Waals surface area contributed by atoms with Crippen molar-refractivity contribution in [3.8, 4) is 0 Å². The molecule has 0 spiro atoms. The molecule has 102 valence electrons. The predicted octanol–water partition coefficient (Wildman–Crippen LogP) is 3.52. The van der Waals surface area contributed by atoms with Crippen molar-refractivity contribution in [1.29, 1.82) is 0 Å². The fourth-order valence-electron chi connectivity index (χ4n) is 2.91. The highest BCUT2D eigenvalue weighted by Gasteiger charge is 2.20. The lowest BCUT2D eigenvalue weighted by Gasteiger charge is -2.19. The molecule has 2 rings (SSSR count). The van der Waals surface area contributed by atoms with Crippen LogP contribution in [0.4, 0.5) is 0 Å². The second-order valence-corrected chi connectivity index (χ2v) is 5.54. The van der Waals surface area contributed by atoms with Gasteiger partial charge in [0.05, 0.1) is 12.0 Å². The maximum absolute atomic E-state index is 4.36. The molecule has 3 heteroatoms. The summed E-state index contributed by atoms with van der Waals surface area (Å²) in [5.74, 6) is 0.805. The molecule has 1 N–H and O–H groups in total. The molecule has 0 aromatic carbocycles. The molecule has 3 nitrogen and oxygen atoms in total. The minimum absolute atomic E-state index is 0.538. The maximum atomic E-state index is 4.36. The van der Waals surface area contributed by atoms with Crippen LogP contribution in [0.3, 0.4) is 0 Å². The Morgan fingerprint density at radius 2 is 2.39 bits per heavy atom. The lowest BCUT2D eigenvalue weighted by molar-refractivity contribution is 0.379. The Labute approximate surface area is 111 Å². The molecule has 18 heavy (non-hydrogen) atoms. The third-order valence-corrected chi connectivity index (χ3v) is 4.16. The monoisotopic (exact) mass is 249 g/mol. The van der Waals surface area contributed by atoms with Crippen molar-refractivity contribution < 1.29 is 0 Å². The highest BCUT2D eigenvalue weighted by molar-refractivity contribution is 5.07. The molecule has 1 saturated heterocycles. The fourth-order valence-corrected chi connectivity index (χ4v) is 2.91. The third kappa shape index (κ3) is 3.35. The average Bonchev–Trinajstić information content (AvgIpc) is 3.04. The summed E-state index contributed by atoms with van der Waals surface area (Å²) in [6.07, 6.45) is 11.9. The summed E-state index contributed by atoms with van der Waals surface area (Å²) >= 11 is 0. The average molecular weight is 249 g/mol. The van der Waals surface area contributed by atoms with Crippen LogP contribution in [0.1, 0.15) is 64.1 Å². The third-order valence-electron chi connectivity index (χ3n) is 4.16. The standard InChI is InChI=1S/C15H27N3/c1-3-5-7-13(4-2)11-18-12-16-10-15(18)14-8-6-9-17-14/h10,12-14,17H,3-9,11H2,1-2H3. The van der Waals surface area contributed by atoms with Gasteiger partial charge in [-0.15, -0.1) is 0 Å². The fraction of sp³-hybridized carbons (Fsp3) is 0.800. The van der Waals surface area contributed by atoms with Gasteiger partial charge in [-0.25, -0.2) is 4.98 Å². The Morgan fingerprint density at radius 1 is 1.50 bits per heavy atom. The molecular weight excluding hydrogens is 222 g/mol. The molecular formula is C15H27N3. The Bertz CT molecular complexity index is 339. The van der Waals surface area contributed by atoms with Crippen molar-refractivity contribution in [3.05, 3.63) is 18.2 Å². The number of nitrogens with one attached hydrogen (secondary N) is 1. The zero-order valence-corrected chi connectivity index (χ0v) is 11.9. The molecule has 0 aliphatic carbocycles. The van der Waals surface area contributed by atoms with Gasteiger partial charge in [0.2, 0.25) is 0 Å². The van der Waals surface area contributed by atoms with Crippen molar-refractivity contribution in [2.24, 2.45) is 5.92 Å². The first-order valence-corrected chi connectivity index (χ1v) is 7.58. The van der Waals surface area contributed by atoms with E-state index in [1.165, 1.54) is 44.2 Å². The largest absolute Gasteiger partial charge is 0.333 e. The number of imidazole rings is 1. The van der Waals surface area contributed by atoms with Crippen molar-refractivity contribution in [3.63, 3.8) is 0 Å². The summed E-state index contributed by atoms with van der Waals surface area (Å²) in [6, 6.07) is 0.538. The van der Waals surface area contributed by atoms with Gasteiger partial charge in [-0.05, 0) is 31.7 Å². The van der Waals surface area contributed by atoms with Gasteiger partial charge in [0.15, 0.2) is 0 Å². The van der Waals surface area contributed by atoms with E-state index < -0.39 is 0 Å². The van der Waals surface area contributed by atoms with Crippen LogP contribution in [0.15, 0.2) is 12.5 Å². The van der Waals surface area contributed by atoms with Crippen LogP contribution in [0.25, 0.3) is 0 Å². The molecule has 2 unspecified atom stereocenters. The molecule has 0 bridgehead atoms. The van der Waals surface area contributed by atoms with Crippen molar-refractivity contribution >= 4 is 0 Å². The summed E-state index contributed by atoms with van der Waals surface area (Å²) in [5.41, 5.74) is 1.39. The Kier molecular flexibility index (Phi) is 5.24. The lowest BCUT2D eigenvalue weighted by Crippen LogP contribution is -2.19. The highest BCUT2D eigenvalue weighted by atomic mass is 15.1. The second-order valence-electron chi connectivity index (χ2n) is 5.54. The summed E-state index contributed by atoms with van der Waals surface area (Å²) < 4.78 is 2.38. The summed E-state index contributed by atoms with van der Waals surface area (Å²) in [5, 5.41) is 3.57. The number of hydrogen-bond acceptors (Lipinski definition) is 2. The molecule has 2 atom stereocenters. The minimum atomic E-state index is 0.538. The molecule has 0 saturated carbocycles. The van der Waals surface area contributed by atoms with Crippen LogP contribution in [0.5, 0.6) is 0 Å². The molecule has 0 amide bonds. The number of hydrogen-bond donors (Lipinski definition) is 1. The highest BCUT2D eigenvalue weighted by Crippen LogP contribution is 2.24. The van der Waals surface area contributed by atoms with Crippen molar-refractivity contribution in [1.82, 2.24) is 14.9 Å². The number of aromatic nitrogens is 2. The van der Waals surface area contributed by atoms with Gasteiger partial charge in [0.1, 0.15) is 0 Å². The second kappa shape index (κ2) is 6.93. The SMILES string of the molecule is CCCCC(CC)Cn1cncc1C1CCCN1. The van der Waals surface area contributed by atoms with Crippen molar-refractivity contribution in [2.45, 2.75) is 65.0 Å². The Morgan fingerprint density at radius 3 is 3.06 bits per heavy atom. The van der Waals surface area contributed by atoms with Gasteiger partial charge in [-0.1, -0.05) is 33.1 Å². The van der Waals surface area contributed by atoms with E-state index in [4.69, 9.17) is 0 Å². The van der Waals surface area contributed by atoms with Crippen molar-refractivity contribution in [2.75, 3.05) is 6.54 Å². The van der Waals surface area contributed by atoms with E-state index in [1.807, 2.05) is 6.33 Å². The molecule has 1 aliphatic rings. The quantitative estimate of drug-likeness (QED) is 0.801. The first kappa shape index (κ1) is 13.6. The van der Waals surface area contributed by atoms with E-state index >= 15 is 0 Å². The van der Waals surface area contributed by atoms with Crippen LogP contribution in [0, 0.1) is 5.92 Å². The van der Waals surface area contributed by atoms with Gasteiger partial charge in [-0.2, -0.15) is 0 Å². The van der Waals surface area contributed by atoms with E-state index in [0.29, 0.717) is 6.04 Å². The first-order chi connectivity index (χ1) is 8.85. The zero-order chi connectivity index (χ0) is 12.8. The topological polar surface area (TPSA) is 29.9 Å². The van der Waals surface area contributed by atoms with Crippen LogP contribution < -0.4 is 5.32 Å². The van der Waals surface area contributed by atoms with Crippen LogP contribution in [-0.2, 0) is 6.54 Å². The maximum Gasteiger partial charge on any atom is 0.0948 e. The number of rotatable bonds is 7. The van der Waals surface area contributed by atoms with Crippen LogP contribution in [-0.4, -0.2) is 16.1 Å². The van der Waals surface area contributed by atoms with Gasteiger partial charge >= 0.3 is 0 Å². The van der Waals surface area contributed by atoms with E-state index in [9.17, 15) is 0 Å². The Balaban J connectivity index is 1.97. The van der Waals surface area contributed by atoms with Gasteiger partial charge in [0, 0.05) is 18.8 Å². The molecule has 0 radical (unpaired) electrons. The molecule has 1 aliphatic heterocycles. The van der Waals surface area contributed by atoms with Gasteiger partial charge in [-0.3, -0.25) is 0 Å². The molecule has 1 aromatic rings. The van der Waals surface area contributed by atoms with Crippen LogP contribution >= 0.6 is 0 Å². The van der Waals surface area contributed by atoms with E-state index in [2.05, 4.69) is 34.9 Å². The number of unbranched alkanes of at least 4 members (excludes halogenated alkanes) is 1. The van der Waals surface area contributed by atoms with E-state index in [0.717, 1.165) is 19.0 Å². The van der Waals surface area contributed by atoms with Crippen LogP contribution in [0.2, 0.25) is 0 Å². The molecule has 2 heterocycles. The molecule has 1 aromatic heterocycles. The predicted molar refractivity (Wildman–Crippen MR) is 75.5 cm³/mol. The zero-order valence-electron chi connectivity index (χ0n) is 11.9. The van der Waals surface area contributed by atoms with E-state index in [-0.39, 0.29) is 0 Å². The summed E-state index contributed by atoms with van der Waals surface area (Å²) in [7, 11) is 0. The van der Waals surface area contributed by atoms with Gasteiger partial charge in [0.25, 0.3) is 0 Å².